The molecule has 2 N–H and O–H groups in total. The zero-order valence-electron chi connectivity index (χ0n) is 15.8. The van der Waals surface area contributed by atoms with Crippen LogP contribution in [0.15, 0.2) is 52.3 Å². The number of nitrogens with one attached hydrogen (secondary N) is 2. The Labute approximate surface area is 176 Å². The standard InChI is InChI=1S/C20H21N3O4S2.2H2/c1-13-19(24)22-17-11-14(7-8-18(17)28-13)20(25)21-15-5-4-6-16(12-15)29(26,27)23-9-2-3-10-23;;/h4-8,11-13H,2-3,9-10H2,1H3,(H,21,25)(H,22,24);2*1H. The van der Waals surface area contributed by atoms with Crippen molar-refractivity contribution in [2.24, 2.45) is 0 Å². The summed E-state index contributed by atoms with van der Waals surface area (Å²) >= 11 is 1.45. The lowest BCUT2D eigenvalue weighted by atomic mass is 10.1. The highest BCUT2D eigenvalue weighted by molar-refractivity contribution is 8.01. The van der Waals surface area contributed by atoms with Crippen LogP contribution in [0, 0.1) is 0 Å². The van der Waals surface area contributed by atoms with E-state index in [9.17, 15) is 18.0 Å². The zero-order valence-corrected chi connectivity index (χ0v) is 17.5. The third-order valence-electron chi connectivity index (χ3n) is 4.97. The van der Waals surface area contributed by atoms with Gasteiger partial charge in [0.15, 0.2) is 0 Å². The van der Waals surface area contributed by atoms with Crippen molar-refractivity contribution >= 4 is 45.0 Å². The molecule has 29 heavy (non-hydrogen) atoms. The maximum absolute atomic E-state index is 12.7. The number of carbonyl (C=O) groups excluding carboxylic acids is 2. The zero-order chi connectivity index (χ0) is 20.6. The molecular weight excluding hydrogens is 410 g/mol. The number of rotatable bonds is 4. The van der Waals surface area contributed by atoms with Crippen molar-refractivity contribution in [2.45, 2.75) is 34.8 Å². The molecule has 0 saturated carbocycles. The summed E-state index contributed by atoms with van der Waals surface area (Å²) in [5, 5.41) is 5.37. The minimum absolute atomic E-state index is 0. The number of sulfonamides is 1. The van der Waals surface area contributed by atoms with Gasteiger partial charge in [-0.2, -0.15) is 4.31 Å². The van der Waals surface area contributed by atoms with E-state index < -0.39 is 10.0 Å². The predicted molar refractivity (Wildman–Crippen MR) is 117 cm³/mol. The monoisotopic (exact) mass is 435 g/mol. The number of hydrogen-bond acceptors (Lipinski definition) is 5. The van der Waals surface area contributed by atoms with Crippen LogP contribution in [-0.4, -0.2) is 42.9 Å². The van der Waals surface area contributed by atoms with Gasteiger partial charge in [-0.1, -0.05) is 6.07 Å². The molecule has 1 fully saturated rings. The van der Waals surface area contributed by atoms with Gasteiger partial charge < -0.3 is 10.6 Å². The van der Waals surface area contributed by atoms with Crippen molar-refractivity contribution < 1.29 is 20.9 Å². The van der Waals surface area contributed by atoms with Crippen molar-refractivity contribution in [3.8, 4) is 0 Å². The molecule has 2 aromatic carbocycles. The third kappa shape index (κ3) is 4.03. The predicted octanol–water partition coefficient (Wildman–Crippen LogP) is 3.65. The number of fused-ring (bicyclic) bond motifs is 1. The Bertz CT molecular complexity index is 1090. The Morgan fingerprint density at radius 3 is 2.72 bits per heavy atom. The Morgan fingerprint density at radius 1 is 1.21 bits per heavy atom. The van der Waals surface area contributed by atoms with E-state index in [4.69, 9.17) is 0 Å². The smallest absolute Gasteiger partial charge is 0.255 e. The molecule has 2 amide bonds. The maximum atomic E-state index is 12.7. The number of amides is 2. The van der Waals surface area contributed by atoms with Crippen LogP contribution in [-0.2, 0) is 14.8 Å². The minimum Gasteiger partial charge on any atom is -0.324 e. The van der Waals surface area contributed by atoms with Gasteiger partial charge in [-0.15, -0.1) is 11.8 Å². The first-order valence-electron chi connectivity index (χ1n) is 9.38. The number of thioether (sulfide) groups is 1. The summed E-state index contributed by atoms with van der Waals surface area (Å²) in [5.74, 6) is -0.471. The first-order chi connectivity index (χ1) is 13.8. The second kappa shape index (κ2) is 7.81. The molecule has 0 aromatic heterocycles. The largest absolute Gasteiger partial charge is 0.324 e. The summed E-state index contributed by atoms with van der Waals surface area (Å²) in [6.45, 7) is 2.87. The summed E-state index contributed by atoms with van der Waals surface area (Å²) in [5.41, 5.74) is 1.39. The van der Waals surface area contributed by atoms with Gasteiger partial charge in [0.05, 0.1) is 15.8 Å². The average molecular weight is 436 g/mol. The van der Waals surface area contributed by atoms with Crippen LogP contribution in [0.3, 0.4) is 0 Å². The quantitative estimate of drug-likeness (QED) is 0.764. The van der Waals surface area contributed by atoms with Crippen molar-refractivity contribution in [1.82, 2.24) is 4.31 Å². The molecule has 1 unspecified atom stereocenters. The van der Waals surface area contributed by atoms with Gasteiger partial charge in [0.2, 0.25) is 15.9 Å². The number of nitrogens with zero attached hydrogens (tertiary/aromatic N) is 1. The van der Waals surface area contributed by atoms with E-state index in [2.05, 4.69) is 10.6 Å². The topological polar surface area (TPSA) is 95.6 Å². The lowest BCUT2D eigenvalue weighted by Crippen LogP contribution is -2.28. The highest BCUT2D eigenvalue weighted by Gasteiger charge is 2.27. The Balaban J connectivity index is 0.00000171. The van der Waals surface area contributed by atoms with Crippen molar-refractivity contribution in [3.63, 3.8) is 0 Å². The fourth-order valence-corrected chi connectivity index (χ4v) is 5.86. The second-order valence-electron chi connectivity index (χ2n) is 7.05. The third-order valence-corrected chi connectivity index (χ3v) is 8.04. The van der Waals surface area contributed by atoms with E-state index in [1.54, 1.807) is 30.3 Å². The number of anilines is 2. The number of benzene rings is 2. The van der Waals surface area contributed by atoms with Crippen molar-refractivity contribution in [1.29, 1.82) is 0 Å². The summed E-state index contributed by atoms with van der Waals surface area (Å²) in [6, 6.07) is 11.4. The second-order valence-corrected chi connectivity index (χ2v) is 10.4. The SMILES string of the molecule is CC1Sc2ccc(C(=O)Nc3cccc(S(=O)(=O)N4CCCC4)c3)cc2NC1=O.[HH].[HH]. The minimum atomic E-state index is -3.55. The van der Waals surface area contributed by atoms with Gasteiger partial charge >= 0.3 is 0 Å². The molecule has 0 bridgehead atoms. The van der Waals surface area contributed by atoms with Gasteiger partial charge in [-0.3, -0.25) is 9.59 Å². The lowest BCUT2D eigenvalue weighted by Gasteiger charge is -2.21. The molecular formula is C20H25N3O4S2. The molecule has 9 heteroatoms. The molecule has 7 nitrogen and oxygen atoms in total. The van der Waals surface area contributed by atoms with Crippen molar-refractivity contribution in [2.75, 3.05) is 23.7 Å². The van der Waals surface area contributed by atoms with E-state index in [1.165, 1.54) is 28.2 Å². The number of carbonyl (C=O) groups is 2. The fourth-order valence-electron chi connectivity index (χ4n) is 3.37. The van der Waals surface area contributed by atoms with Crippen molar-refractivity contribution in [3.05, 3.63) is 48.0 Å². The maximum Gasteiger partial charge on any atom is 0.255 e. The number of hydrogen-bond donors (Lipinski definition) is 2. The Hall–Kier alpha value is -2.36. The normalized spacial score (nSPS) is 19.5. The van der Waals surface area contributed by atoms with Crippen LogP contribution >= 0.6 is 11.8 Å². The van der Waals surface area contributed by atoms with E-state index in [1.807, 2.05) is 6.92 Å². The summed E-state index contributed by atoms with van der Waals surface area (Å²) in [4.78, 5) is 25.6. The first kappa shape index (κ1) is 19.9. The molecule has 0 radical (unpaired) electrons. The van der Waals surface area contributed by atoms with E-state index in [-0.39, 0.29) is 24.8 Å². The Kier molecular flexibility index (Phi) is 5.37. The molecule has 2 aliphatic heterocycles. The van der Waals surface area contributed by atoms with E-state index in [0.717, 1.165) is 17.7 Å². The highest BCUT2D eigenvalue weighted by Crippen LogP contribution is 2.36. The summed E-state index contributed by atoms with van der Waals surface area (Å²) in [6.07, 6.45) is 1.73. The first-order valence-corrected chi connectivity index (χ1v) is 11.7. The molecule has 0 spiro atoms. The van der Waals surface area contributed by atoms with Crippen LogP contribution < -0.4 is 10.6 Å². The highest BCUT2D eigenvalue weighted by atomic mass is 32.2. The van der Waals surface area contributed by atoms with Gasteiger partial charge in [0.1, 0.15) is 0 Å². The van der Waals surface area contributed by atoms with Crippen LogP contribution in [0.5, 0.6) is 0 Å². The molecule has 2 aliphatic rings. The molecule has 1 saturated heterocycles. The molecule has 2 aromatic rings. The average Bonchev–Trinajstić information content (AvgIpc) is 3.24. The molecule has 156 valence electrons. The molecule has 1 atom stereocenters. The summed E-state index contributed by atoms with van der Waals surface area (Å²) < 4.78 is 26.9. The Morgan fingerprint density at radius 2 is 1.97 bits per heavy atom. The van der Waals surface area contributed by atoms with Gasteiger partial charge in [0.25, 0.3) is 5.91 Å². The van der Waals surface area contributed by atoms with Crippen LogP contribution in [0.25, 0.3) is 0 Å². The van der Waals surface area contributed by atoms with Gasteiger partial charge in [-0.05, 0) is 56.2 Å². The van der Waals surface area contributed by atoms with Gasteiger partial charge in [-0.25, -0.2) is 8.42 Å². The van der Waals surface area contributed by atoms with E-state index in [0.29, 0.717) is 30.0 Å². The lowest BCUT2D eigenvalue weighted by molar-refractivity contribution is -0.115. The van der Waals surface area contributed by atoms with E-state index >= 15 is 0 Å². The van der Waals surface area contributed by atoms with Crippen LogP contribution in [0.4, 0.5) is 11.4 Å². The van der Waals surface area contributed by atoms with Gasteiger partial charge in [0, 0.05) is 32.1 Å². The molecule has 0 aliphatic carbocycles. The fraction of sp³-hybridized carbons (Fsp3) is 0.300. The van der Waals surface area contributed by atoms with Crippen LogP contribution in [0.2, 0.25) is 0 Å². The summed E-state index contributed by atoms with van der Waals surface area (Å²) in [7, 11) is -3.55. The van der Waals surface area contributed by atoms with Crippen LogP contribution in [0.1, 0.15) is 33.0 Å². The molecule has 2 heterocycles. The molecule has 4 rings (SSSR count).